The summed E-state index contributed by atoms with van der Waals surface area (Å²) in [6.45, 7) is 3.83. The monoisotopic (exact) mass is 459 g/mol. The summed E-state index contributed by atoms with van der Waals surface area (Å²) in [5, 5.41) is 2.65. The van der Waals surface area contributed by atoms with Gasteiger partial charge in [0.05, 0.1) is 18.4 Å². The molecular formula is C25H21N3O4S. The first-order valence-corrected chi connectivity index (χ1v) is 10.6. The number of hydrogen-bond donors (Lipinski definition) is 1. The fourth-order valence-electron chi connectivity index (χ4n) is 3.82. The molecule has 1 aliphatic rings. The van der Waals surface area contributed by atoms with Crippen LogP contribution in [0.1, 0.15) is 27.3 Å². The van der Waals surface area contributed by atoms with Crippen LogP contribution in [0.4, 0.5) is 5.69 Å². The summed E-state index contributed by atoms with van der Waals surface area (Å²) in [5.74, 6) is -1.43. The van der Waals surface area contributed by atoms with E-state index < -0.39 is 17.8 Å². The molecule has 2 aromatic carbocycles. The number of amides is 2. The van der Waals surface area contributed by atoms with Crippen LogP contribution in [0.3, 0.4) is 0 Å². The molecule has 1 aliphatic heterocycles. The standard InChI is InChI=1S/C25H21N3O4S/c1-15-13-18(16(2)27(15)20-11-9-17(10-12-20)24(31)32-3)14-21-22(29)26-25(33)28(23(21)30)19-7-5-4-6-8-19/h4-14H,1-3H3,(H,26,29,33)/b21-14+. The Kier molecular flexibility index (Phi) is 5.93. The van der Waals surface area contributed by atoms with Gasteiger partial charge in [0.2, 0.25) is 0 Å². The number of nitrogens with one attached hydrogen (secondary N) is 1. The van der Waals surface area contributed by atoms with Crippen molar-refractivity contribution in [3.8, 4) is 5.69 Å². The van der Waals surface area contributed by atoms with Crippen molar-refractivity contribution in [3.05, 3.63) is 88.8 Å². The third-order valence-electron chi connectivity index (χ3n) is 5.43. The predicted octanol–water partition coefficient (Wildman–Crippen LogP) is 3.71. The summed E-state index contributed by atoms with van der Waals surface area (Å²) in [6.07, 6.45) is 1.58. The van der Waals surface area contributed by atoms with Gasteiger partial charge in [-0.05, 0) is 80.2 Å². The molecule has 4 rings (SSSR count). The van der Waals surface area contributed by atoms with Gasteiger partial charge in [0.15, 0.2) is 5.11 Å². The minimum absolute atomic E-state index is 0.00579. The summed E-state index contributed by atoms with van der Waals surface area (Å²) in [5.41, 5.74) is 4.34. The number of carbonyl (C=O) groups is 3. The summed E-state index contributed by atoms with van der Waals surface area (Å²) in [7, 11) is 1.34. The summed E-state index contributed by atoms with van der Waals surface area (Å²) in [6, 6.07) is 17.8. The third-order valence-corrected chi connectivity index (χ3v) is 5.72. The van der Waals surface area contributed by atoms with Gasteiger partial charge in [-0.2, -0.15) is 0 Å². The number of hydrogen-bond acceptors (Lipinski definition) is 5. The SMILES string of the molecule is COC(=O)c1ccc(-n2c(C)cc(/C=C3\C(=O)NC(=S)N(c4ccccc4)C3=O)c2C)cc1. The lowest BCUT2D eigenvalue weighted by atomic mass is 10.1. The van der Waals surface area contributed by atoms with Gasteiger partial charge in [0, 0.05) is 17.1 Å². The average molecular weight is 460 g/mol. The van der Waals surface area contributed by atoms with Gasteiger partial charge < -0.3 is 9.30 Å². The van der Waals surface area contributed by atoms with Gasteiger partial charge in [-0.1, -0.05) is 18.2 Å². The van der Waals surface area contributed by atoms with Gasteiger partial charge in [-0.3, -0.25) is 19.8 Å². The molecule has 1 saturated heterocycles. The molecular weight excluding hydrogens is 438 g/mol. The molecule has 0 spiro atoms. The molecule has 3 aromatic rings. The largest absolute Gasteiger partial charge is 0.465 e. The highest BCUT2D eigenvalue weighted by molar-refractivity contribution is 7.80. The van der Waals surface area contributed by atoms with E-state index >= 15 is 0 Å². The smallest absolute Gasteiger partial charge is 0.337 e. The van der Waals surface area contributed by atoms with Crippen LogP contribution >= 0.6 is 12.2 Å². The number of carbonyl (C=O) groups excluding carboxylic acids is 3. The van der Waals surface area contributed by atoms with Crippen molar-refractivity contribution in [2.75, 3.05) is 12.0 Å². The number of nitrogens with zero attached hydrogens (tertiary/aromatic N) is 2. The molecule has 2 heterocycles. The number of methoxy groups -OCH3 is 1. The molecule has 0 saturated carbocycles. The zero-order valence-electron chi connectivity index (χ0n) is 18.3. The maximum absolute atomic E-state index is 13.2. The van der Waals surface area contributed by atoms with Crippen molar-refractivity contribution in [3.63, 3.8) is 0 Å². The van der Waals surface area contributed by atoms with Crippen molar-refractivity contribution in [1.82, 2.24) is 9.88 Å². The zero-order chi connectivity index (χ0) is 23.7. The Morgan fingerprint density at radius 1 is 1.00 bits per heavy atom. The fraction of sp³-hybridized carbons (Fsp3) is 0.120. The molecule has 0 radical (unpaired) electrons. The number of para-hydroxylation sites is 1. The predicted molar refractivity (Wildman–Crippen MR) is 129 cm³/mol. The maximum atomic E-state index is 13.2. The first kappa shape index (κ1) is 22.2. The van der Waals surface area contributed by atoms with E-state index in [4.69, 9.17) is 17.0 Å². The molecule has 33 heavy (non-hydrogen) atoms. The molecule has 2 amide bonds. The van der Waals surface area contributed by atoms with Crippen molar-refractivity contribution < 1.29 is 19.1 Å². The van der Waals surface area contributed by atoms with Crippen molar-refractivity contribution >= 4 is 46.9 Å². The Morgan fingerprint density at radius 2 is 1.67 bits per heavy atom. The van der Waals surface area contributed by atoms with E-state index in [0.717, 1.165) is 22.6 Å². The zero-order valence-corrected chi connectivity index (χ0v) is 19.1. The molecule has 1 aromatic heterocycles. The van der Waals surface area contributed by atoms with Crippen molar-refractivity contribution in [1.29, 1.82) is 0 Å². The minimum Gasteiger partial charge on any atom is -0.465 e. The number of esters is 1. The number of anilines is 1. The molecule has 1 N–H and O–H groups in total. The summed E-state index contributed by atoms with van der Waals surface area (Å²) >= 11 is 5.24. The van der Waals surface area contributed by atoms with Gasteiger partial charge in [-0.25, -0.2) is 4.79 Å². The van der Waals surface area contributed by atoms with E-state index in [2.05, 4.69) is 5.32 Å². The maximum Gasteiger partial charge on any atom is 0.337 e. The molecule has 0 unspecified atom stereocenters. The van der Waals surface area contributed by atoms with Crippen molar-refractivity contribution in [2.45, 2.75) is 13.8 Å². The Hall–Kier alpha value is -4.04. The second-order valence-corrected chi connectivity index (χ2v) is 7.88. The third kappa shape index (κ3) is 4.08. The highest BCUT2D eigenvalue weighted by Gasteiger charge is 2.34. The molecule has 166 valence electrons. The Balaban J connectivity index is 1.72. The highest BCUT2D eigenvalue weighted by atomic mass is 32.1. The number of rotatable bonds is 4. The summed E-state index contributed by atoms with van der Waals surface area (Å²) in [4.78, 5) is 38.9. The van der Waals surface area contributed by atoms with Crippen LogP contribution in [-0.4, -0.2) is 34.6 Å². The van der Waals surface area contributed by atoms with E-state index in [0.29, 0.717) is 11.3 Å². The summed E-state index contributed by atoms with van der Waals surface area (Å²) < 4.78 is 6.73. The van der Waals surface area contributed by atoms with Crippen LogP contribution in [0.2, 0.25) is 0 Å². The van der Waals surface area contributed by atoms with Crippen LogP contribution in [0.15, 0.2) is 66.2 Å². The molecule has 7 nitrogen and oxygen atoms in total. The van der Waals surface area contributed by atoms with Crippen LogP contribution in [-0.2, 0) is 14.3 Å². The van der Waals surface area contributed by atoms with Gasteiger partial charge in [0.25, 0.3) is 11.8 Å². The van der Waals surface area contributed by atoms with Crippen molar-refractivity contribution in [2.24, 2.45) is 0 Å². The molecule has 0 aliphatic carbocycles. The molecule has 1 fully saturated rings. The van der Waals surface area contributed by atoms with Crippen LogP contribution in [0.25, 0.3) is 11.8 Å². The normalized spacial score (nSPS) is 15.1. The Bertz CT molecular complexity index is 1310. The van der Waals surface area contributed by atoms with E-state index in [1.807, 2.05) is 42.7 Å². The van der Waals surface area contributed by atoms with E-state index in [1.165, 1.54) is 12.0 Å². The number of aromatic nitrogens is 1. The van der Waals surface area contributed by atoms with Crippen LogP contribution in [0.5, 0.6) is 0 Å². The molecule has 0 atom stereocenters. The van der Waals surface area contributed by atoms with E-state index in [9.17, 15) is 14.4 Å². The molecule has 0 bridgehead atoms. The number of ether oxygens (including phenoxy) is 1. The fourth-order valence-corrected chi connectivity index (χ4v) is 4.10. The average Bonchev–Trinajstić information content (AvgIpc) is 3.09. The van der Waals surface area contributed by atoms with E-state index in [-0.39, 0.29) is 10.7 Å². The molecule has 8 heteroatoms. The second-order valence-electron chi connectivity index (χ2n) is 7.49. The number of aryl methyl sites for hydroxylation is 1. The van der Waals surface area contributed by atoms with Crippen LogP contribution in [0, 0.1) is 13.8 Å². The quantitative estimate of drug-likeness (QED) is 0.278. The van der Waals surface area contributed by atoms with Gasteiger partial charge in [-0.15, -0.1) is 0 Å². The Morgan fingerprint density at radius 3 is 2.30 bits per heavy atom. The Labute approximate surface area is 196 Å². The second kappa shape index (κ2) is 8.84. The number of thiocarbonyl (C=S) groups is 1. The lowest BCUT2D eigenvalue weighted by Crippen LogP contribution is -2.54. The lowest BCUT2D eigenvalue weighted by molar-refractivity contribution is -0.122. The lowest BCUT2D eigenvalue weighted by Gasteiger charge is -2.28. The van der Waals surface area contributed by atoms with E-state index in [1.54, 1.807) is 42.5 Å². The van der Waals surface area contributed by atoms with Crippen LogP contribution < -0.4 is 10.2 Å². The van der Waals surface area contributed by atoms with Gasteiger partial charge >= 0.3 is 5.97 Å². The topological polar surface area (TPSA) is 80.6 Å². The first-order valence-electron chi connectivity index (χ1n) is 10.2. The van der Waals surface area contributed by atoms with Gasteiger partial charge in [0.1, 0.15) is 5.57 Å². The highest BCUT2D eigenvalue weighted by Crippen LogP contribution is 2.26. The number of benzene rings is 2. The first-order chi connectivity index (χ1) is 15.8. The minimum atomic E-state index is -0.538.